The molecule has 1 amide bonds. The molecule has 10 nitrogen and oxygen atoms in total. The molecule has 0 bridgehead atoms. The van der Waals surface area contributed by atoms with Crippen molar-refractivity contribution in [2.45, 2.75) is 19.3 Å². The number of hydrogen-bond acceptors (Lipinski definition) is 7. The van der Waals surface area contributed by atoms with E-state index in [1.165, 1.54) is 4.68 Å². The Kier molecular flexibility index (Phi) is 5.45. The summed E-state index contributed by atoms with van der Waals surface area (Å²) in [7, 11) is 3.40. The number of carbonyl (C=O) groups is 1. The maximum absolute atomic E-state index is 12.8. The van der Waals surface area contributed by atoms with E-state index in [-0.39, 0.29) is 17.4 Å². The van der Waals surface area contributed by atoms with E-state index in [2.05, 4.69) is 25.6 Å². The first-order valence-electron chi connectivity index (χ1n) is 11.0. The van der Waals surface area contributed by atoms with Crippen LogP contribution in [-0.4, -0.2) is 51.6 Å². The number of aromatic nitrogens is 3. The molecule has 5 rings (SSSR count). The molecule has 1 aromatic carbocycles. The van der Waals surface area contributed by atoms with Gasteiger partial charge in [-0.05, 0) is 37.5 Å². The molecular formula is C22H27N7O3S. The molecule has 0 spiro atoms. The molecule has 174 valence electrons. The van der Waals surface area contributed by atoms with Crippen LogP contribution in [0.2, 0.25) is 0 Å². The summed E-state index contributed by atoms with van der Waals surface area (Å²) < 4.78 is 15.4. The monoisotopic (exact) mass is 469 g/mol. The molecule has 3 N–H and O–H groups in total. The standard InChI is InChI=1S/C22H27N7O3S/c1-27-22(31)19-16(12-18(24-20(19)26-27)25-21(30)13-5-6-13)23-15-8-7-14(29-9-4-10-29)11-17(15)28(2)33(3)32/h7-8,11-13H,4-6,9-10H2,1-3H3,(H3,23,24,25,26,30). The summed E-state index contributed by atoms with van der Waals surface area (Å²) >= 11 is -1.24. The number of pyridine rings is 1. The molecule has 3 heterocycles. The Bertz CT molecular complexity index is 1280. The molecule has 1 aliphatic carbocycles. The number of fused-ring (bicyclic) bond motifs is 1. The van der Waals surface area contributed by atoms with Gasteiger partial charge in [-0.2, -0.15) is 4.31 Å². The lowest BCUT2D eigenvalue weighted by atomic mass is 10.1. The lowest BCUT2D eigenvalue weighted by Gasteiger charge is -2.34. The largest absolute Gasteiger partial charge is 0.593 e. The van der Waals surface area contributed by atoms with Crippen LogP contribution in [0.1, 0.15) is 19.3 Å². The average molecular weight is 470 g/mol. The molecule has 2 aromatic heterocycles. The summed E-state index contributed by atoms with van der Waals surface area (Å²) in [6.45, 7) is 2.00. The second-order valence-corrected chi connectivity index (χ2v) is 10.0. The van der Waals surface area contributed by atoms with E-state index in [1.807, 2.05) is 18.2 Å². The van der Waals surface area contributed by atoms with Gasteiger partial charge in [0.05, 0.1) is 29.8 Å². The van der Waals surface area contributed by atoms with Crippen LogP contribution >= 0.6 is 0 Å². The molecule has 1 saturated heterocycles. The summed E-state index contributed by atoms with van der Waals surface area (Å²) in [5.74, 6) is 0.337. The third-order valence-corrected chi connectivity index (χ3v) is 7.18. The maximum atomic E-state index is 12.8. The SMILES string of the molecule is CN(c1cc(N2CCC2)ccc1Nc1cc(NC(=O)C2CC2)nc2[nH]n(C)c(=O)c12)[S+](C)[O-]. The molecule has 2 fully saturated rings. The summed E-state index contributed by atoms with van der Waals surface area (Å²) in [6, 6.07) is 7.62. The predicted molar refractivity (Wildman–Crippen MR) is 132 cm³/mol. The molecule has 2 aliphatic rings. The Morgan fingerprint density at radius 3 is 2.67 bits per heavy atom. The van der Waals surface area contributed by atoms with Crippen LogP contribution in [0.15, 0.2) is 29.1 Å². The number of nitrogens with zero attached hydrogens (tertiary/aromatic N) is 4. The number of aryl methyl sites for hydroxylation is 1. The Labute approximate surface area is 194 Å². The fraction of sp³-hybridized carbons (Fsp3) is 0.409. The molecule has 0 radical (unpaired) electrons. The highest BCUT2D eigenvalue weighted by atomic mass is 32.2. The second kappa shape index (κ2) is 8.31. The van der Waals surface area contributed by atoms with Gasteiger partial charge in [0.25, 0.3) is 5.56 Å². The van der Waals surface area contributed by atoms with Gasteiger partial charge in [0.2, 0.25) is 5.91 Å². The van der Waals surface area contributed by atoms with Crippen molar-refractivity contribution in [2.24, 2.45) is 13.0 Å². The average Bonchev–Trinajstić information content (AvgIpc) is 3.54. The van der Waals surface area contributed by atoms with E-state index in [9.17, 15) is 14.1 Å². The normalized spacial score (nSPS) is 16.4. The predicted octanol–water partition coefficient (Wildman–Crippen LogP) is 2.29. The van der Waals surface area contributed by atoms with Crippen LogP contribution in [0.4, 0.5) is 28.6 Å². The third kappa shape index (κ3) is 4.13. The van der Waals surface area contributed by atoms with Gasteiger partial charge in [-0.3, -0.25) is 19.4 Å². The quantitative estimate of drug-likeness (QED) is 0.454. The van der Waals surface area contributed by atoms with Crippen molar-refractivity contribution < 1.29 is 9.35 Å². The van der Waals surface area contributed by atoms with E-state index in [1.54, 1.807) is 30.7 Å². The number of benzene rings is 1. The van der Waals surface area contributed by atoms with Gasteiger partial charge in [-0.1, -0.05) is 0 Å². The molecule has 1 saturated carbocycles. The number of aromatic amines is 1. The number of nitrogens with one attached hydrogen (secondary N) is 3. The van der Waals surface area contributed by atoms with Crippen LogP contribution in [0, 0.1) is 5.92 Å². The van der Waals surface area contributed by atoms with Gasteiger partial charge >= 0.3 is 0 Å². The molecular weight excluding hydrogens is 442 g/mol. The minimum absolute atomic E-state index is 0.0302. The number of hydrogen-bond donors (Lipinski definition) is 3. The first kappa shape index (κ1) is 21.7. The number of amides is 1. The summed E-state index contributed by atoms with van der Waals surface area (Å²) in [4.78, 5) is 31.8. The van der Waals surface area contributed by atoms with Gasteiger partial charge in [0.1, 0.15) is 23.1 Å². The smallest absolute Gasteiger partial charge is 0.277 e. The van der Waals surface area contributed by atoms with E-state index in [4.69, 9.17) is 0 Å². The van der Waals surface area contributed by atoms with Crippen molar-refractivity contribution >= 4 is 56.9 Å². The van der Waals surface area contributed by atoms with Crippen LogP contribution in [0.25, 0.3) is 11.0 Å². The van der Waals surface area contributed by atoms with Crippen LogP contribution in [0.5, 0.6) is 0 Å². The lowest BCUT2D eigenvalue weighted by molar-refractivity contribution is -0.117. The topological polar surface area (TPSA) is 121 Å². The molecule has 33 heavy (non-hydrogen) atoms. The van der Waals surface area contributed by atoms with Crippen molar-refractivity contribution in [1.82, 2.24) is 14.8 Å². The molecule has 3 aromatic rings. The number of carbonyl (C=O) groups excluding carboxylic acids is 1. The van der Waals surface area contributed by atoms with Gasteiger partial charge in [0, 0.05) is 37.8 Å². The van der Waals surface area contributed by atoms with Gasteiger partial charge in [-0.15, -0.1) is 0 Å². The first-order valence-corrected chi connectivity index (χ1v) is 12.5. The molecule has 1 atom stereocenters. The summed E-state index contributed by atoms with van der Waals surface area (Å²) in [5, 5.41) is 9.54. The van der Waals surface area contributed by atoms with E-state index in [0.717, 1.165) is 43.7 Å². The zero-order valence-electron chi connectivity index (χ0n) is 18.8. The highest BCUT2D eigenvalue weighted by Crippen LogP contribution is 2.37. The summed E-state index contributed by atoms with van der Waals surface area (Å²) in [6.07, 6.45) is 4.55. The van der Waals surface area contributed by atoms with Crippen LogP contribution in [0.3, 0.4) is 0 Å². The Balaban J connectivity index is 1.57. The Morgan fingerprint density at radius 1 is 1.27 bits per heavy atom. The van der Waals surface area contributed by atoms with Crippen molar-refractivity contribution in [3.05, 3.63) is 34.6 Å². The molecule has 1 unspecified atom stereocenters. The minimum Gasteiger partial charge on any atom is -0.593 e. The fourth-order valence-corrected chi connectivity index (χ4v) is 4.33. The van der Waals surface area contributed by atoms with E-state index >= 15 is 0 Å². The number of anilines is 5. The van der Waals surface area contributed by atoms with Crippen LogP contribution < -0.4 is 25.4 Å². The first-order chi connectivity index (χ1) is 15.8. The number of H-pyrrole nitrogens is 1. The van der Waals surface area contributed by atoms with Crippen molar-refractivity contribution in [3.8, 4) is 0 Å². The van der Waals surface area contributed by atoms with Crippen LogP contribution in [-0.2, 0) is 23.2 Å². The zero-order chi connectivity index (χ0) is 23.3. The van der Waals surface area contributed by atoms with Crippen molar-refractivity contribution in [2.75, 3.05) is 46.2 Å². The zero-order valence-corrected chi connectivity index (χ0v) is 19.7. The maximum Gasteiger partial charge on any atom is 0.277 e. The van der Waals surface area contributed by atoms with Gasteiger partial charge in [-0.25, -0.2) is 4.98 Å². The van der Waals surface area contributed by atoms with Gasteiger partial charge < -0.3 is 20.1 Å². The Hall–Kier alpha value is -3.18. The third-order valence-electron chi connectivity index (χ3n) is 6.21. The van der Waals surface area contributed by atoms with E-state index < -0.39 is 11.4 Å². The number of rotatable bonds is 7. The lowest BCUT2D eigenvalue weighted by Crippen LogP contribution is -2.37. The highest BCUT2D eigenvalue weighted by molar-refractivity contribution is 7.92. The van der Waals surface area contributed by atoms with E-state index in [0.29, 0.717) is 28.2 Å². The second-order valence-electron chi connectivity index (χ2n) is 8.61. The Morgan fingerprint density at radius 2 is 2.03 bits per heavy atom. The van der Waals surface area contributed by atoms with Crippen molar-refractivity contribution in [1.29, 1.82) is 0 Å². The summed E-state index contributed by atoms with van der Waals surface area (Å²) in [5.41, 5.74) is 3.18. The van der Waals surface area contributed by atoms with Gasteiger partial charge in [0.15, 0.2) is 5.65 Å². The highest BCUT2D eigenvalue weighted by Gasteiger charge is 2.30. The van der Waals surface area contributed by atoms with Crippen molar-refractivity contribution in [3.63, 3.8) is 0 Å². The fourth-order valence-electron chi connectivity index (χ4n) is 3.90. The minimum atomic E-state index is -1.24. The molecule has 1 aliphatic heterocycles. The molecule has 11 heteroatoms.